The molecule has 2 aliphatic rings. The molecule has 0 saturated carbocycles. The first-order valence-electron chi connectivity index (χ1n) is 12.1. The molecule has 0 aromatic carbocycles. The van der Waals surface area contributed by atoms with Crippen LogP contribution in [-0.2, 0) is 19.2 Å². The van der Waals surface area contributed by atoms with Gasteiger partial charge in [-0.15, -0.1) is 22.7 Å². The van der Waals surface area contributed by atoms with Crippen molar-refractivity contribution in [3.05, 3.63) is 32.8 Å². The first-order chi connectivity index (χ1) is 19.2. The number of oxime groups is 1. The molecule has 18 heteroatoms. The molecule has 1 fully saturated rings. The summed E-state index contributed by atoms with van der Waals surface area (Å²) in [6.45, 7) is 1.02. The van der Waals surface area contributed by atoms with Crippen molar-refractivity contribution in [2.75, 3.05) is 25.6 Å². The number of rotatable bonds is 13. The molecule has 2 aromatic heterocycles. The van der Waals surface area contributed by atoms with E-state index in [4.69, 9.17) is 15.3 Å². The number of ether oxygens (including phenoxy) is 1. The molecule has 0 bridgehead atoms. The maximum Gasteiger partial charge on any atom is 1.00 e. The van der Waals surface area contributed by atoms with Crippen molar-refractivity contribution in [1.29, 1.82) is 0 Å². The second-order valence-electron chi connectivity index (χ2n) is 8.39. The Bertz CT molecular complexity index is 1380. The van der Waals surface area contributed by atoms with E-state index in [0.29, 0.717) is 15.7 Å². The van der Waals surface area contributed by atoms with E-state index in [1.165, 1.54) is 10.8 Å². The van der Waals surface area contributed by atoms with Gasteiger partial charge in [-0.1, -0.05) is 30.3 Å². The molecule has 0 aliphatic carbocycles. The Hall–Kier alpha value is -2.57. The zero-order valence-corrected chi connectivity index (χ0v) is 26.5. The Kier molecular flexibility index (Phi) is 12.1. The average Bonchev–Trinajstić information content (AvgIpc) is 3.58. The summed E-state index contributed by atoms with van der Waals surface area (Å²) in [5, 5.41) is 29.6. The van der Waals surface area contributed by atoms with Crippen LogP contribution in [0.4, 0.5) is 9.52 Å². The summed E-state index contributed by atoms with van der Waals surface area (Å²) < 4.78 is 18.0. The molecule has 0 unspecified atom stereocenters. The van der Waals surface area contributed by atoms with Crippen LogP contribution in [0.25, 0.3) is 0 Å². The van der Waals surface area contributed by atoms with Crippen molar-refractivity contribution in [3.63, 3.8) is 0 Å². The van der Waals surface area contributed by atoms with Gasteiger partial charge in [-0.25, -0.2) is 23.9 Å². The van der Waals surface area contributed by atoms with Crippen LogP contribution in [0, 0.1) is 0 Å². The average molecular weight is 635 g/mol. The third kappa shape index (κ3) is 7.64. The molecule has 214 valence electrons. The normalized spacial score (nSPS) is 18.9. The fourth-order valence-electron chi connectivity index (χ4n) is 3.90. The number of nitrogens with two attached hydrogens (primary N) is 1. The Balaban J connectivity index is 0.00000462. The molecular weight excluding hydrogens is 610 g/mol. The number of anilines is 1. The number of thioether (sulfide) groups is 1. The van der Waals surface area contributed by atoms with Crippen LogP contribution in [0.2, 0.25) is 0 Å². The number of carbonyl (C=O) groups excluding carboxylic acids is 2. The number of carboxylic acid groups (broad SMARTS) is 1. The zero-order valence-electron chi connectivity index (χ0n) is 22.1. The van der Waals surface area contributed by atoms with E-state index in [1.807, 2.05) is 6.92 Å². The van der Waals surface area contributed by atoms with Gasteiger partial charge in [0.05, 0.1) is 12.6 Å². The largest absolute Gasteiger partial charge is 1.00 e. The summed E-state index contributed by atoms with van der Waals surface area (Å²) in [5.74, 6) is -3.47. The number of hydrogen-bond acceptors (Lipinski definition) is 14. The van der Waals surface area contributed by atoms with E-state index in [2.05, 4.69) is 20.1 Å². The Morgan fingerprint density at radius 1 is 1.29 bits per heavy atom. The second-order valence-corrected chi connectivity index (χ2v) is 11.5. The van der Waals surface area contributed by atoms with E-state index in [1.54, 1.807) is 0 Å². The number of unbranched alkanes of at least 4 members (excludes halogenated alkanes) is 1. The number of aliphatic imine (C=N–C) groups is 1. The summed E-state index contributed by atoms with van der Waals surface area (Å²) in [6.07, 6.45) is 2.22. The smallest absolute Gasteiger partial charge is 0.857 e. The quantitative estimate of drug-likeness (QED) is 0.0525. The maximum atomic E-state index is 13.0. The molecule has 2 atom stereocenters. The molecule has 0 spiro atoms. The number of amides is 1. The SMILES string of the molecule is CCCCOC(=O)c1csc(SC2=C(C(=O)O)N3C(=O)[C@@H](N=C([O-])/C(=N/OCCF)c4csc(N)n4)[C@H]3CC2)n1.[Na+]. The molecular formula is C23H24FN6NaO7S3. The van der Waals surface area contributed by atoms with Crippen molar-refractivity contribution >= 4 is 69.0 Å². The Morgan fingerprint density at radius 2 is 2.05 bits per heavy atom. The Morgan fingerprint density at radius 3 is 2.71 bits per heavy atom. The number of nitrogens with zero attached hydrogens (tertiary/aromatic N) is 5. The van der Waals surface area contributed by atoms with E-state index < -0.39 is 49.1 Å². The van der Waals surface area contributed by atoms with Crippen LogP contribution >= 0.6 is 34.4 Å². The molecule has 0 radical (unpaired) electrons. The van der Waals surface area contributed by atoms with Crippen LogP contribution in [0.3, 0.4) is 0 Å². The van der Waals surface area contributed by atoms with Crippen molar-refractivity contribution in [1.82, 2.24) is 14.9 Å². The molecule has 1 saturated heterocycles. The van der Waals surface area contributed by atoms with Gasteiger partial charge in [0.25, 0.3) is 5.91 Å². The topological polar surface area (TPSA) is 193 Å². The van der Waals surface area contributed by atoms with Gasteiger partial charge in [0.1, 0.15) is 36.4 Å². The third-order valence-corrected chi connectivity index (χ3v) is 8.50. The zero-order chi connectivity index (χ0) is 28.8. The number of halogens is 1. The van der Waals surface area contributed by atoms with Gasteiger partial charge in [-0.05, 0) is 19.3 Å². The van der Waals surface area contributed by atoms with Gasteiger partial charge in [0.2, 0.25) is 0 Å². The number of carbonyl (C=O) groups is 3. The number of nitrogen functional groups attached to an aromatic ring is 1. The van der Waals surface area contributed by atoms with Gasteiger partial charge >= 0.3 is 41.5 Å². The molecule has 13 nitrogen and oxygen atoms in total. The minimum Gasteiger partial charge on any atom is -0.857 e. The van der Waals surface area contributed by atoms with Crippen LogP contribution in [0.1, 0.15) is 48.8 Å². The fraction of sp³-hybridized carbons (Fsp3) is 0.435. The van der Waals surface area contributed by atoms with Crippen LogP contribution < -0.4 is 40.4 Å². The number of thiazole rings is 2. The van der Waals surface area contributed by atoms with Gasteiger partial charge in [0.15, 0.2) is 15.2 Å². The van der Waals surface area contributed by atoms with E-state index in [0.717, 1.165) is 52.2 Å². The van der Waals surface area contributed by atoms with Crippen LogP contribution in [-0.4, -0.2) is 81.4 Å². The molecule has 3 N–H and O–H groups in total. The van der Waals surface area contributed by atoms with E-state index in [-0.39, 0.29) is 70.5 Å². The van der Waals surface area contributed by atoms with Gasteiger partial charge < -0.3 is 25.5 Å². The molecule has 2 aromatic rings. The number of aliphatic carboxylic acids is 1. The van der Waals surface area contributed by atoms with Gasteiger partial charge in [0, 0.05) is 21.6 Å². The number of esters is 1. The van der Waals surface area contributed by atoms with Crippen molar-refractivity contribution < 1.29 is 68.1 Å². The summed E-state index contributed by atoms with van der Waals surface area (Å²) in [6, 6.07) is -1.80. The monoisotopic (exact) mass is 634 g/mol. The summed E-state index contributed by atoms with van der Waals surface area (Å²) in [4.78, 5) is 55.9. The molecule has 4 rings (SSSR count). The first-order valence-corrected chi connectivity index (χ1v) is 14.6. The fourth-order valence-corrected chi connectivity index (χ4v) is 6.45. The number of alkyl halides is 1. The van der Waals surface area contributed by atoms with Gasteiger partial charge in [-0.3, -0.25) is 14.7 Å². The number of carboxylic acids is 1. The number of aromatic nitrogens is 2. The maximum absolute atomic E-state index is 13.0. The van der Waals surface area contributed by atoms with E-state index in [9.17, 15) is 29.0 Å². The minimum atomic E-state index is -1.32. The first kappa shape index (κ1) is 32.9. The number of hydrogen-bond donors (Lipinski definition) is 2. The molecule has 1 amide bonds. The number of β-lactam (4-membered cyclic amide) rings is 1. The summed E-state index contributed by atoms with van der Waals surface area (Å²) in [7, 11) is 0. The predicted molar refractivity (Wildman–Crippen MR) is 144 cm³/mol. The standard InChI is InChI=1S/C23H25FN6O7S3.Na/c1-2-3-7-36-21(35)12-10-39-23(27-12)40-14-5-4-13-16(19(32)30(13)17(14)20(33)34)28-18(31)15(29-37-8-6-24)11-9-38-22(25)26-11;/h9-10,13,16H,2-8H2,1H3,(H2,25,26)(H,28,31)(H,33,34);/q;+1/p-1/b29-15+;/t13-,16+;/m1./s1. The molecule has 4 heterocycles. The Labute approximate surface area is 268 Å². The van der Waals surface area contributed by atoms with Crippen LogP contribution in [0.5, 0.6) is 0 Å². The van der Waals surface area contributed by atoms with Crippen molar-refractivity contribution in [2.45, 2.75) is 49.0 Å². The molecule has 41 heavy (non-hydrogen) atoms. The summed E-state index contributed by atoms with van der Waals surface area (Å²) >= 11 is 3.26. The predicted octanol–water partition coefficient (Wildman–Crippen LogP) is -0.947. The second kappa shape index (κ2) is 15.1. The van der Waals surface area contributed by atoms with E-state index >= 15 is 0 Å². The number of allylic oxidation sites excluding steroid dienone is 1. The minimum absolute atomic E-state index is 0. The number of fused-ring (bicyclic) bond motifs is 1. The van der Waals surface area contributed by atoms with Crippen molar-refractivity contribution in [2.24, 2.45) is 10.1 Å². The van der Waals surface area contributed by atoms with Crippen molar-refractivity contribution in [3.8, 4) is 0 Å². The van der Waals surface area contributed by atoms with Crippen LogP contribution in [0.15, 0.2) is 35.9 Å². The summed E-state index contributed by atoms with van der Waals surface area (Å²) in [5.41, 5.74) is 5.25. The van der Waals surface area contributed by atoms with Gasteiger partial charge in [-0.2, -0.15) is 0 Å². The third-order valence-electron chi connectivity index (χ3n) is 5.74. The molecule has 2 aliphatic heterocycles.